The Hall–Kier alpha value is -6.56. The molecular weight excluding hydrogens is 836 g/mol. The number of aliphatic carboxylic acids is 1. The third-order valence-electron chi connectivity index (χ3n) is 11.1. The number of carboxylic acid groups (broad SMARTS) is 1. The van der Waals surface area contributed by atoms with Crippen molar-refractivity contribution in [3.63, 3.8) is 0 Å². The Labute approximate surface area is 379 Å². The number of hydrogen-bond donors (Lipinski definition) is 6. The zero-order valence-corrected chi connectivity index (χ0v) is 37.6. The maximum absolute atomic E-state index is 15.2. The lowest BCUT2D eigenvalue weighted by molar-refractivity contribution is -0.150. The third kappa shape index (κ3) is 16.5. The lowest BCUT2D eigenvalue weighted by Gasteiger charge is -2.31. The Morgan fingerprint density at radius 1 is 0.662 bits per heavy atom. The van der Waals surface area contributed by atoms with Gasteiger partial charge in [-0.3, -0.25) is 33.9 Å². The molecule has 6 atom stereocenters. The standard InChI is InChI=1S/C47H63FN10O7/c1-5-7-18-37(53-44(61)39(26-32-14-11-21-50-29-32)55-42(59)36(49-3)20-13-24-58-25-23-52-31-58)43(60)56-40(28-34-16-9-10-17-35(34)48)45(62)54-38(19-8-6-2)46(63)57(4)41(47(64)65)27-33-15-12-22-51-30-33/h9-12,14-17,21-23,25,29-31,36-41,49H,5-8,13,18-20,24,26-28H2,1-4H3,(H,53,61)(H,54,62)(H,55,59)(H,56,60)(H,64,65)/t36-,37-,38-,39-,40-,41-/m0/s1. The molecule has 0 aliphatic carbocycles. The van der Waals surface area contributed by atoms with Gasteiger partial charge >= 0.3 is 5.97 Å². The number of likely N-dealkylation sites (N-methyl/N-ethyl adjacent to an activating group) is 2. The van der Waals surface area contributed by atoms with Gasteiger partial charge in [0.05, 0.1) is 12.4 Å². The zero-order valence-electron chi connectivity index (χ0n) is 37.6. The van der Waals surface area contributed by atoms with E-state index in [1.54, 1.807) is 68.5 Å². The van der Waals surface area contributed by atoms with E-state index in [0.717, 1.165) is 4.90 Å². The van der Waals surface area contributed by atoms with Crippen LogP contribution in [0.3, 0.4) is 0 Å². The van der Waals surface area contributed by atoms with E-state index in [1.807, 2.05) is 24.6 Å². The van der Waals surface area contributed by atoms with Gasteiger partial charge in [-0.1, -0.05) is 69.9 Å². The number of nitrogens with one attached hydrogen (secondary N) is 5. The highest BCUT2D eigenvalue weighted by molar-refractivity contribution is 5.96. The van der Waals surface area contributed by atoms with Gasteiger partial charge in [0.2, 0.25) is 29.5 Å². The number of aryl methyl sites for hydroxylation is 1. The maximum atomic E-state index is 15.2. The first-order valence-corrected chi connectivity index (χ1v) is 22.2. The summed E-state index contributed by atoms with van der Waals surface area (Å²) in [4.78, 5) is 96.4. The van der Waals surface area contributed by atoms with E-state index in [1.165, 1.54) is 31.4 Å². The Kier molecular flexibility index (Phi) is 21.2. The molecule has 17 nitrogen and oxygen atoms in total. The van der Waals surface area contributed by atoms with Crippen LogP contribution in [-0.2, 0) is 54.6 Å². The first-order chi connectivity index (χ1) is 31.3. The number of carboxylic acids is 1. The van der Waals surface area contributed by atoms with E-state index in [4.69, 9.17) is 0 Å². The Morgan fingerprint density at radius 2 is 1.20 bits per heavy atom. The summed E-state index contributed by atoms with van der Waals surface area (Å²) in [6, 6.07) is 5.77. The molecule has 18 heteroatoms. The summed E-state index contributed by atoms with van der Waals surface area (Å²) < 4.78 is 17.1. The van der Waals surface area contributed by atoms with Crippen LogP contribution in [0.1, 0.15) is 81.9 Å². The molecule has 3 aromatic heterocycles. The van der Waals surface area contributed by atoms with Crippen molar-refractivity contribution in [3.8, 4) is 0 Å². The molecule has 0 saturated carbocycles. The lowest BCUT2D eigenvalue weighted by atomic mass is 10.0. The van der Waals surface area contributed by atoms with E-state index in [0.29, 0.717) is 56.2 Å². The molecule has 350 valence electrons. The normalized spacial score (nSPS) is 13.9. The van der Waals surface area contributed by atoms with Crippen LogP contribution in [-0.4, -0.2) is 115 Å². The van der Waals surface area contributed by atoms with Gasteiger partial charge in [-0.25, -0.2) is 14.2 Å². The molecule has 3 heterocycles. The summed E-state index contributed by atoms with van der Waals surface area (Å²) >= 11 is 0. The summed E-state index contributed by atoms with van der Waals surface area (Å²) in [6.45, 7) is 4.45. The van der Waals surface area contributed by atoms with Gasteiger partial charge in [0.1, 0.15) is 36.0 Å². The molecule has 65 heavy (non-hydrogen) atoms. The first-order valence-electron chi connectivity index (χ1n) is 22.2. The molecule has 0 unspecified atom stereocenters. The number of rotatable bonds is 28. The van der Waals surface area contributed by atoms with E-state index in [9.17, 15) is 33.9 Å². The minimum absolute atomic E-state index is 0.0352. The highest BCUT2D eigenvalue weighted by atomic mass is 19.1. The number of amides is 5. The minimum atomic E-state index is -1.43. The number of carbonyl (C=O) groups is 6. The van der Waals surface area contributed by atoms with Crippen LogP contribution in [0.25, 0.3) is 0 Å². The Balaban J connectivity index is 1.57. The molecule has 5 amide bonds. The average Bonchev–Trinajstić information content (AvgIpc) is 3.83. The van der Waals surface area contributed by atoms with Gasteiger partial charge in [0, 0.05) is 70.0 Å². The molecule has 6 N–H and O–H groups in total. The summed E-state index contributed by atoms with van der Waals surface area (Å²) in [6.07, 6.45) is 14.9. The summed E-state index contributed by atoms with van der Waals surface area (Å²) in [7, 11) is 3.02. The van der Waals surface area contributed by atoms with Crippen LogP contribution in [0, 0.1) is 5.82 Å². The van der Waals surface area contributed by atoms with Gasteiger partial charge in [0.15, 0.2) is 0 Å². The number of unbranched alkanes of at least 4 members (excludes halogenated alkanes) is 2. The smallest absolute Gasteiger partial charge is 0.326 e. The highest BCUT2D eigenvalue weighted by Gasteiger charge is 2.35. The maximum Gasteiger partial charge on any atom is 0.326 e. The van der Waals surface area contributed by atoms with Gasteiger partial charge in [0.25, 0.3) is 0 Å². The molecule has 0 fully saturated rings. The SMILES string of the molecule is CCCC[C@H](NC(=O)[C@H](Cc1cccnc1)NC(=O)[C@H](CCCn1ccnc1)NC)C(=O)N[C@@H](Cc1ccccc1F)C(=O)N[C@@H](CCCC)C(=O)N(C)[C@@H](Cc1cccnc1)C(=O)O. The van der Waals surface area contributed by atoms with Crippen LogP contribution in [0.2, 0.25) is 0 Å². The van der Waals surface area contributed by atoms with E-state index in [-0.39, 0.29) is 37.7 Å². The fourth-order valence-corrected chi connectivity index (χ4v) is 7.32. The fraction of sp³-hybridized carbons (Fsp3) is 0.468. The highest BCUT2D eigenvalue weighted by Crippen LogP contribution is 2.15. The van der Waals surface area contributed by atoms with Crippen LogP contribution < -0.4 is 26.6 Å². The van der Waals surface area contributed by atoms with Crippen molar-refractivity contribution in [2.45, 2.75) is 127 Å². The van der Waals surface area contributed by atoms with Gasteiger partial charge in [-0.05, 0) is 67.6 Å². The molecule has 0 aliphatic rings. The van der Waals surface area contributed by atoms with Crippen molar-refractivity contribution in [3.05, 3.63) is 115 Å². The summed E-state index contributed by atoms with van der Waals surface area (Å²) in [5.74, 6) is -5.13. The van der Waals surface area contributed by atoms with Crippen molar-refractivity contribution in [1.29, 1.82) is 0 Å². The molecule has 1 aromatic carbocycles. The molecule has 0 spiro atoms. The second kappa shape index (κ2) is 26.9. The summed E-state index contributed by atoms with van der Waals surface area (Å²) in [5.41, 5.74) is 1.37. The van der Waals surface area contributed by atoms with Crippen molar-refractivity contribution < 1.29 is 38.3 Å². The summed E-state index contributed by atoms with van der Waals surface area (Å²) in [5, 5.41) is 24.3. The minimum Gasteiger partial charge on any atom is -0.480 e. The van der Waals surface area contributed by atoms with Crippen LogP contribution in [0.5, 0.6) is 0 Å². The fourth-order valence-electron chi connectivity index (χ4n) is 7.32. The Morgan fingerprint density at radius 3 is 1.75 bits per heavy atom. The van der Waals surface area contributed by atoms with Crippen molar-refractivity contribution in [2.75, 3.05) is 14.1 Å². The van der Waals surface area contributed by atoms with Crippen molar-refractivity contribution in [2.24, 2.45) is 0 Å². The number of nitrogens with zero attached hydrogens (tertiary/aromatic N) is 5. The molecule has 0 bridgehead atoms. The first kappa shape index (κ1) is 51.1. The zero-order chi connectivity index (χ0) is 47.1. The largest absolute Gasteiger partial charge is 0.480 e. The Bertz CT molecular complexity index is 2110. The molecule has 0 radical (unpaired) electrons. The number of carbonyl (C=O) groups excluding carboxylic acids is 5. The van der Waals surface area contributed by atoms with Gasteiger partial charge in [-0.2, -0.15) is 0 Å². The average molecular weight is 899 g/mol. The van der Waals surface area contributed by atoms with E-state index in [2.05, 4.69) is 41.5 Å². The predicted molar refractivity (Wildman–Crippen MR) is 241 cm³/mol. The number of hydrogen-bond acceptors (Lipinski definition) is 10. The van der Waals surface area contributed by atoms with E-state index >= 15 is 4.39 Å². The van der Waals surface area contributed by atoms with Crippen molar-refractivity contribution in [1.82, 2.24) is 51.0 Å². The number of benzene rings is 1. The van der Waals surface area contributed by atoms with E-state index < -0.39 is 77.6 Å². The van der Waals surface area contributed by atoms with Crippen LogP contribution in [0.4, 0.5) is 4.39 Å². The topological polar surface area (TPSA) is 230 Å². The van der Waals surface area contributed by atoms with Gasteiger partial charge in [-0.15, -0.1) is 0 Å². The molecular formula is C47H63FN10O7. The van der Waals surface area contributed by atoms with Gasteiger partial charge < -0.3 is 41.2 Å². The molecule has 0 aliphatic heterocycles. The van der Waals surface area contributed by atoms with Crippen molar-refractivity contribution >= 4 is 35.5 Å². The van der Waals surface area contributed by atoms with Crippen LogP contribution >= 0.6 is 0 Å². The monoisotopic (exact) mass is 898 g/mol. The second-order valence-electron chi connectivity index (χ2n) is 16.0. The second-order valence-corrected chi connectivity index (χ2v) is 16.0. The quantitative estimate of drug-likeness (QED) is 0.0485. The third-order valence-corrected chi connectivity index (χ3v) is 11.1. The molecule has 0 saturated heterocycles. The number of imidazole rings is 1. The lowest BCUT2D eigenvalue weighted by Crippen LogP contribution is -2.60. The number of pyridine rings is 2. The number of aromatic nitrogens is 4. The van der Waals surface area contributed by atoms with Crippen LogP contribution in [0.15, 0.2) is 92.0 Å². The molecule has 4 aromatic rings. The number of halogens is 1. The molecule has 4 rings (SSSR count). The predicted octanol–water partition coefficient (Wildman–Crippen LogP) is 3.14.